The van der Waals surface area contributed by atoms with Gasteiger partial charge in [-0.3, -0.25) is 0 Å². The van der Waals surface area contributed by atoms with E-state index in [-0.39, 0.29) is 5.60 Å². The third kappa shape index (κ3) is 0.501. The monoisotopic (exact) mass is 166 g/mol. The average Bonchev–Trinajstić information content (AvgIpc) is 2.35. The third-order valence-electron chi connectivity index (χ3n) is 5.25. The molecule has 1 N–H and O–H groups in total. The van der Waals surface area contributed by atoms with E-state index in [4.69, 9.17) is 0 Å². The van der Waals surface area contributed by atoms with Crippen LogP contribution in [0, 0.1) is 29.1 Å². The van der Waals surface area contributed by atoms with Crippen molar-refractivity contribution in [3.8, 4) is 0 Å². The van der Waals surface area contributed by atoms with E-state index in [0.717, 1.165) is 11.8 Å². The number of aliphatic hydroxyl groups is 1. The topological polar surface area (TPSA) is 20.2 Å². The first kappa shape index (κ1) is 7.37. The van der Waals surface area contributed by atoms with Gasteiger partial charge < -0.3 is 5.11 Å². The fraction of sp³-hybridized carbons (Fsp3) is 1.00. The molecule has 0 heterocycles. The van der Waals surface area contributed by atoms with Crippen LogP contribution in [0.3, 0.4) is 0 Å². The van der Waals surface area contributed by atoms with Gasteiger partial charge >= 0.3 is 0 Å². The van der Waals surface area contributed by atoms with Gasteiger partial charge in [0, 0.05) is 0 Å². The van der Waals surface area contributed by atoms with Crippen LogP contribution in [-0.4, -0.2) is 10.7 Å². The second kappa shape index (κ2) is 1.61. The Morgan fingerprint density at radius 1 is 1.17 bits per heavy atom. The van der Waals surface area contributed by atoms with Crippen LogP contribution in [0.15, 0.2) is 0 Å². The van der Waals surface area contributed by atoms with Crippen molar-refractivity contribution >= 4 is 0 Å². The fourth-order valence-corrected chi connectivity index (χ4v) is 4.88. The predicted molar refractivity (Wildman–Crippen MR) is 47.6 cm³/mol. The van der Waals surface area contributed by atoms with Gasteiger partial charge in [-0.1, -0.05) is 13.8 Å². The summed E-state index contributed by atoms with van der Waals surface area (Å²) in [7, 11) is 0. The van der Waals surface area contributed by atoms with Crippen LogP contribution in [0.5, 0.6) is 0 Å². The van der Waals surface area contributed by atoms with E-state index in [1.54, 1.807) is 0 Å². The van der Waals surface area contributed by atoms with Gasteiger partial charge in [0.1, 0.15) is 0 Å². The zero-order chi connectivity index (χ0) is 8.72. The Morgan fingerprint density at radius 2 is 1.83 bits per heavy atom. The smallest absolute Gasteiger partial charge is 0.0683 e. The standard InChI is InChI=1S/C11H18O/c1-10(2)8-5-6-4-7(8)9(10)11(6,3)12/h6-9,12H,4-5H2,1-3H3/t6-,7+,8-,9+,11-/m1/s1. The molecule has 0 amide bonds. The largest absolute Gasteiger partial charge is 0.390 e. The summed E-state index contributed by atoms with van der Waals surface area (Å²) < 4.78 is 0. The summed E-state index contributed by atoms with van der Waals surface area (Å²) in [6.45, 7) is 6.75. The Labute approximate surface area is 74.2 Å². The quantitative estimate of drug-likeness (QED) is 0.584. The van der Waals surface area contributed by atoms with Gasteiger partial charge in [-0.05, 0) is 48.9 Å². The van der Waals surface area contributed by atoms with Crippen LogP contribution >= 0.6 is 0 Å². The molecule has 12 heavy (non-hydrogen) atoms. The molecular formula is C11H18O. The lowest BCUT2D eigenvalue weighted by molar-refractivity contribution is -0.203. The molecule has 0 aromatic heterocycles. The minimum atomic E-state index is -0.330. The van der Waals surface area contributed by atoms with Crippen LogP contribution in [0.4, 0.5) is 0 Å². The minimum absolute atomic E-state index is 0.330. The molecule has 3 rings (SSSR count). The maximum absolute atomic E-state index is 10.3. The van der Waals surface area contributed by atoms with Gasteiger partial charge in [0.25, 0.3) is 0 Å². The lowest BCUT2D eigenvalue weighted by Gasteiger charge is -2.62. The van der Waals surface area contributed by atoms with E-state index in [1.807, 2.05) is 0 Å². The molecule has 68 valence electrons. The molecule has 2 bridgehead atoms. The van der Waals surface area contributed by atoms with Crippen LogP contribution in [0.2, 0.25) is 0 Å². The molecule has 0 aromatic rings. The Bertz CT molecular complexity index is 241. The van der Waals surface area contributed by atoms with Crippen molar-refractivity contribution in [2.45, 2.75) is 39.2 Å². The zero-order valence-corrected chi connectivity index (χ0v) is 8.17. The van der Waals surface area contributed by atoms with Gasteiger partial charge in [-0.15, -0.1) is 0 Å². The molecule has 0 spiro atoms. The van der Waals surface area contributed by atoms with Crippen LogP contribution < -0.4 is 0 Å². The Hall–Kier alpha value is -0.0400. The van der Waals surface area contributed by atoms with Crippen molar-refractivity contribution in [3.05, 3.63) is 0 Å². The highest BCUT2D eigenvalue weighted by molar-refractivity contribution is 5.22. The highest BCUT2D eigenvalue weighted by Gasteiger charge is 2.73. The summed E-state index contributed by atoms with van der Waals surface area (Å²) in [5.41, 5.74) is 0.101. The number of hydrogen-bond donors (Lipinski definition) is 1. The summed E-state index contributed by atoms with van der Waals surface area (Å²) >= 11 is 0. The first-order valence-electron chi connectivity index (χ1n) is 5.18. The molecule has 3 saturated carbocycles. The summed E-state index contributed by atoms with van der Waals surface area (Å²) in [5, 5.41) is 10.3. The molecule has 0 saturated heterocycles. The Balaban J connectivity index is 2.06. The molecule has 5 atom stereocenters. The van der Waals surface area contributed by atoms with E-state index in [1.165, 1.54) is 12.8 Å². The van der Waals surface area contributed by atoms with Crippen molar-refractivity contribution in [1.29, 1.82) is 0 Å². The van der Waals surface area contributed by atoms with E-state index in [2.05, 4.69) is 20.8 Å². The van der Waals surface area contributed by atoms with Gasteiger partial charge in [0.2, 0.25) is 0 Å². The van der Waals surface area contributed by atoms with Crippen LogP contribution in [0.25, 0.3) is 0 Å². The van der Waals surface area contributed by atoms with Crippen molar-refractivity contribution in [2.75, 3.05) is 0 Å². The van der Waals surface area contributed by atoms with Crippen molar-refractivity contribution in [1.82, 2.24) is 0 Å². The first-order chi connectivity index (χ1) is 5.45. The number of rotatable bonds is 0. The summed E-state index contributed by atoms with van der Waals surface area (Å²) in [4.78, 5) is 0. The average molecular weight is 166 g/mol. The molecule has 3 aliphatic rings. The Kier molecular flexibility index (Phi) is 0.991. The molecule has 1 nitrogen and oxygen atoms in total. The minimum Gasteiger partial charge on any atom is -0.390 e. The van der Waals surface area contributed by atoms with Crippen LogP contribution in [0.1, 0.15) is 33.6 Å². The van der Waals surface area contributed by atoms with Gasteiger partial charge in [-0.2, -0.15) is 0 Å². The van der Waals surface area contributed by atoms with Crippen molar-refractivity contribution < 1.29 is 5.11 Å². The van der Waals surface area contributed by atoms with E-state index in [0.29, 0.717) is 17.3 Å². The predicted octanol–water partition coefficient (Wildman–Crippen LogP) is 2.05. The fourth-order valence-electron chi connectivity index (χ4n) is 4.88. The second-order valence-corrected chi connectivity index (χ2v) is 5.96. The maximum Gasteiger partial charge on any atom is 0.0683 e. The third-order valence-corrected chi connectivity index (χ3v) is 5.25. The zero-order valence-electron chi connectivity index (χ0n) is 8.17. The molecule has 1 heteroatoms. The normalized spacial score (nSPS) is 65.0. The summed E-state index contributed by atoms with van der Waals surface area (Å²) in [5.74, 6) is 3.05. The molecule has 3 aliphatic carbocycles. The first-order valence-corrected chi connectivity index (χ1v) is 5.18. The molecule has 0 aromatic carbocycles. The highest BCUT2D eigenvalue weighted by atomic mass is 16.3. The van der Waals surface area contributed by atoms with E-state index < -0.39 is 0 Å². The lowest BCUT2D eigenvalue weighted by atomic mass is 9.44. The van der Waals surface area contributed by atoms with Crippen LogP contribution in [-0.2, 0) is 0 Å². The van der Waals surface area contributed by atoms with Gasteiger partial charge in [-0.25, -0.2) is 0 Å². The SMILES string of the molecule is CC1(C)[C@@H]2C[C@H]3C[C@@H]2[C@@H]1[C@]3(C)O. The van der Waals surface area contributed by atoms with E-state index in [9.17, 15) is 5.11 Å². The lowest BCUT2D eigenvalue weighted by Crippen LogP contribution is -2.62. The summed E-state index contributed by atoms with van der Waals surface area (Å²) in [6.07, 6.45) is 2.60. The molecule has 0 unspecified atom stereocenters. The highest BCUT2D eigenvalue weighted by Crippen LogP contribution is 2.75. The van der Waals surface area contributed by atoms with Gasteiger partial charge in [0.05, 0.1) is 5.60 Å². The van der Waals surface area contributed by atoms with E-state index >= 15 is 0 Å². The second-order valence-electron chi connectivity index (χ2n) is 5.96. The van der Waals surface area contributed by atoms with Crippen molar-refractivity contribution in [3.63, 3.8) is 0 Å². The van der Waals surface area contributed by atoms with Gasteiger partial charge in [0.15, 0.2) is 0 Å². The Morgan fingerprint density at radius 3 is 2.17 bits per heavy atom. The maximum atomic E-state index is 10.3. The molecule has 0 aliphatic heterocycles. The molecule has 0 radical (unpaired) electrons. The summed E-state index contributed by atoms with van der Waals surface area (Å²) in [6, 6.07) is 0. The number of hydrogen-bond acceptors (Lipinski definition) is 1. The number of fused-ring (bicyclic) bond motifs is 1. The molecule has 3 fully saturated rings. The van der Waals surface area contributed by atoms with Crippen molar-refractivity contribution in [2.24, 2.45) is 29.1 Å². The molecular weight excluding hydrogens is 148 g/mol.